The average Bonchev–Trinajstić information content (AvgIpc) is 2.80. The van der Waals surface area contributed by atoms with Crippen LogP contribution in [0.3, 0.4) is 0 Å². The third-order valence-electron chi connectivity index (χ3n) is 2.66. The minimum Gasteiger partial charge on any atom is -0.481 e. The number of esters is 2. The van der Waals surface area contributed by atoms with E-state index in [0.29, 0.717) is 18.6 Å². The van der Waals surface area contributed by atoms with E-state index in [-0.39, 0.29) is 25.9 Å². The molecule has 16 heteroatoms. The molecule has 0 aromatic carbocycles. The first-order chi connectivity index (χ1) is 17.1. The van der Waals surface area contributed by atoms with Gasteiger partial charge in [0.1, 0.15) is 0 Å². The molecule has 0 radical (unpaired) electrons. The number of halogens is 1. The zero-order valence-electron chi connectivity index (χ0n) is 20.8. The monoisotopic (exact) mass is 556 g/mol. The second kappa shape index (κ2) is 28.3. The molecule has 0 saturated heterocycles. The molecule has 0 aliphatic rings. The lowest BCUT2D eigenvalue weighted by Gasteiger charge is -2.00. The van der Waals surface area contributed by atoms with Crippen molar-refractivity contribution in [2.45, 2.75) is 26.7 Å². The Bertz CT molecular complexity index is 780. The summed E-state index contributed by atoms with van der Waals surface area (Å²) in [4.78, 5) is 70.7. The largest absolute Gasteiger partial charge is 0.481 e. The molecule has 0 aliphatic carbocycles. The number of carbonyl (C=O) groups excluding carboxylic acids is 4. The number of hydrogen-bond donors (Lipinski definition) is 5. The van der Waals surface area contributed by atoms with Crippen molar-refractivity contribution in [2.75, 3.05) is 33.9 Å². The number of hydrogen-bond acceptors (Lipinski definition) is 11. The molecule has 0 rings (SSSR count). The summed E-state index contributed by atoms with van der Waals surface area (Å²) in [7, 11) is 2.36. The number of methoxy groups -OCH3 is 2. The van der Waals surface area contributed by atoms with Crippen LogP contribution in [0.25, 0.3) is 0 Å². The minimum absolute atomic E-state index is 0.0275. The van der Waals surface area contributed by atoms with Crippen molar-refractivity contribution in [3.05, 3.63) is 24.3 Å². The van der Waals surface area contributed by atoms with Crippen LogP contribution < -0.4 is 11.1 Å². The van der Waals surface area contributed by atoms with Crippen LogP contribution in [-0.2, 0) is 43.0 Å². The fourth-order valence-electron chi connectivity index (χ4n) is 1.13. The van der Waals surface area contributed by atoms with Crippen LogP contribution in [-0.4, -0.2) is 90.4 Å². The number of nitrogens with one attached hydrogen (secondary N) is 1. The lowest BCUT2D eigenvalue weighted by atomic mass is 10.2. The SMILES string of the molecule is CC(C)COC(=O)Cl.COC(=O)/C=C/C(=O)NCCC(=O)O.COC(=O)/C=C/C(=O)O.NCCC(=O)O. The molecule has 0 aromatic heterocycles. The molecule has 0 saturated carbocycles. The predicted molar refractivity (Wildman–Crippen MR) is 129 cm³/mol. The number of ether oxygens (including phenoxy) is 3. The van der Waals surface area contributed by atoms with Gasteiger partial charge in [0.2, 0.25) is 5.91 Å². The highest BCUT2D eigenvalue weighted by Gasteiger charge is 2.00. The molecular formula is C21H33ClN2O13. The quantitative estimate of drug-likeness (QED) is 0.101. The van der Waals surface area contributed by atoms with Crippen molar-refractivity contribution in [1.82, 2.24) is 5.32 Å². The van der Waals surface area contributed by atoms with E-state index in [1.165, 1.54) is 14.2 Å². The summed E-state index contributed by atoms with van der Waals surface area (Å²) in [6.45, 7) is 4.55. The molecule has 0 spiro atoms. The third kappa shape index (κ3) is 50.0. The van der Waals surface area contributed by atoms with E-state index in [2.05, 4.69) is 19.5 Å². The number of carboxylic acids is 3. The molecule has 37 heavy (non-hydrogen) atoms. The highest BCUT2D eigenvalue weighted by molar-refractivity contribution is 6.61. The second-order valence-corrected chi connectivity index (χ2v) is 6.67. The Labute approximate surface area is 218 Å². The third-order valence-corrected chi connectivity index (χ3v) is 2.77. The Hall–Kier alpha value is -3.98. The standard InChI is InChI=1S/C8H11NO5.C5H9ClO2.C5H6O4.C3H7NO2/c1-14-8(13)3-2-6(10)9-5-4-7(11)12;1-4(2)3-8-5(6)7;1-9-5(8)3-2-4(6)7;4-2-1-3(5)6/h2-3H,4-5H2,1H3,(H,9,10)(H,11,12);4H,3H2,1-2H3;2-3H,1H3,(H,6,7);1-2,4H2,(H,5,6)/b3-2+;;3-2+;. The van der Waals surface area contributed by atoms with Gasteiger partial charge >= 0.3 is 35.3 Å². The van der Waals surface area contributed by atoms with E-state index >= 15 is 0 Å². The summed E-state index contributed by atoms with van der Waals surface area (Å²) in [5.41, 5.74) is 4.13. The van der Waals surface area contributed by atoms with E-state index in [1.807, 2.05) is 13.8 Å². The lowest BCUT2D eigenvalue weighted by Crippen LogP contribution is -2.24. The second-order valence-electron chi connectivity index (χ2n) is 6.36. The number of amides is 1. The van der Waals surface area contributed by atoms with E-state index in [1.54, 1.807) is 0 Å². The van der Waals surface area contributed by atoms with Crippen LogP contribution in [0.4, 0.5) is 4.79 Å². The van der Waals surface area contributed by atoms with Gasteiger partial charge in [-0.25, -0.2) is 19.2 Å². The van der Waals surface area contributed by atoms with Crippen LogP contribution in [0.15, 0.2) is 24.3 Å². The van der Waals surface area contributed by atoms with Gasteiger partial charge in [-0.2, -0.15) is 0 Å². The minimum atomic E-state index is -1.17. The van der Waals surface area contributed by atoms with Crippen LogP contribution in [0, 0.1) is 5.92 Å². The molecule has 1 amide bonds. The van der Waals surface area contributed by atoms with Gasteiger partial charge in [-0.3, -0.25) is 14.4 Å². The average molecular weight is 557 g/mol. The van der Waals surface area contributed by atoms with Crippen LogP contribution in [0.1, 0.15) is 26.7 Å². The molecule has 212 valence electrons. The summed E-state index contributed by atoms with van der Waals surface area (Å²) in [6.07, 6.45) is 3.40. The van der Waals surface area contributed by atoms with Gasteiger partial charge in [0.25, 0.3) is 0 Å². The summed E-state index contributed by atoms with van der Waals surface area (Å²) in [5, 5.41) is 26.3. The maximum Gasteiger partial charge on any atom is 0.403 e. The number of rotatable bonds is 11. The zero-order valence-corrected chi connectivity index (χ0v) is 21.6. The topological polar surface area (TPSA) is 246 Å². The van der Waals surface area contributed by atoms with Gasteiger partial charge < -0.3 is 40.6 Å². The van der Waals surface area contributed by atoms with Crippen molar-refractivity contribution < 1.29 is 63.1 Å². The van der Waals surface area contributed by atoms with Gasteiger partial charge in [0.05, 0.1) is 33.7 Å². The number of nitrogens with two attached hydrogens (primary N) is 1. The first-order valence-electron chi connectivity index (χ1n) is 10.1. The fraction of sp³-hybridized carbons (Fsp3) is 0.476. The van der Waals surface area contributed by atoms with Gasteiger partial charge in [0, 0.05) is 49.0 Å². The first-order valence-corrected chi connectivity index (χ1v) is 10.5. The summed E-state index contributed by atoms with van der Waals surface area (Å²) >= 11 is 4.86. The molecule has 0 unspecified atom stereocenters. The summed E-state index contributed by atoms with van der Waals surface area (Å²) in [5.74, 6) is -4.48. The van der Waals surface area contributed by atoms with Gasteiger partial charge in [0.15, 0.2) is 0 Å². The normalized spacial score (nSPS) is 9.38. The van der Waals surface area contributed by atoms with Crippen molar-refractivity contribution in [1.29, 1.82) is 0 Å². The van der Waals surface area contributed by atoms with E-state index < -0.39 is 41.2 Å². The van der Waals surface area contributed by atoms with Gasteiger partial charge in [-0.15, -0.1) is 0 Å². The number of carboxylic acid groups (broad SMARTS) is 3. The Balaban J connectivity index is -0.000000207. The maximum atomic E-state index is 10.8. The lowest BCUT2D eigenvalue weighted by molar-refractivity contribution is -0.138. The highest BCUT2D eigenvalue weighted by atomic mass is 35.5. The Morgan fingerprint density at radius 1 is 0.838 bits per heavy atom. The zero-order chi connectivity index (χ0) is 29.8. The molecule has 0 heterocycles. The molecule has 0 bridgehead atoms. The molecule has 6 N–H and O–H groups in total. The smallest absolute Gasteiger partial charge is 0.403 e. The summed E-state index contributed by atoms with van der Waals surface area (Å²) in [6, 6.07) is 0. The summed E-state index contributed by atoms with van der Waals surface area (Å²) < 4.78 is 12.8. The number of aliphatic carboxylic acids is 3. The first kappa shape index (κ1) is 40.2. The Morgan fingerprint density at radius 3 is 1.57 bits per heavy atom. The highest BCUT2D eigenvalue weighted by Crippen LogP contribution is 1.94. The molecular weight excluding hydrogens is 524 g/mol. The van der Waals surface area contributed by atoms with Crippen LogP contribution in [0.2, 0.25) is 0 Å². The Morgan fingerprint density at radius 2 is 1.30 bits per heavy atom. The van der Waals surface area contributed by atoms with Crippen molar-refractivity contribution in [3.63, 3.8) is 0 Å². The van der Waals surface area contributed by atoms with Gasteiger partial charge in [-0.1, -0.05) is 13.8 Å². The predicted octanol–water partition coefficient (Wildman–Crippen LogP) is 0.544. The molecule has 0 atom stereocenters. The van der Waals surface area contributed by atoms with Crippen molar-refractivity contribution in [2.24, 2.45) is 11.7 Å². The molecule has 0 fully saturated rings. The molecule has 0 aliphatic heterocycles. The van der Waals surface area contributed by atoms with Crippen LogP contribution >= 0.6 is 11.6 Å². The van der Waals surface area contributed by atoms with Gasteiger partial charge in [-0.05, 0) is 5.92 Å². The fourth-order valence-corrected chi connectivity index (χ4v) is 1.19. The van der Waals surface area contributed by atoms with Crippen molar-refractivity contribution in [3.8, 4) is 0 Å². The van der Waals surface area contributed by atoms with E-state index in [0.717, 1.165) is 18.2 Å². The molecule has 15 nitrogen and oxygen atoms in total. The van der Waals surface area contributed by atoms with Crippen LogP contribution in [0.5, 0.6) is 0 Å². The Kier molecular flexibility index (Phi) is 30.7. The van der Waals surface area contributed by atoms with E-state index in [4.69, 9.17) is 32.7 Å². The number of carbonyl (C=O) groups is 7. The molecule has 0 aromatic rings. The van der Waals surface area contributed by atoms with Crippen molar-refractivity contribution >= 4 is 52.8 Å². The maximum absolute atomic E-state index is 10.8. The van der Waals surface area contributed by atoms with E-state index in [9.17, 15) is 33.6 Å².